The van der Waals surface area contributed by atoms with Crippen molar-refractivity contribution in [1.82, 2.24) is 4.98 Å². The minimum Gasteiger partial charge on any atom is -0.486 e. The molecule has 1 aromatic carbocycles. The Kier molecular flexibility index (Phi) is 3.06. The van der Waals surface area contributed by atoms with Crippen molar-refractivity contribution in [3.05, 3.63) is 34.8 Å². The first-order chi connectivity index (χ1) is 8.85. The molecule has 1 aliphatic rings. The normalized spacial score (nSPS) is 13.4. The van der Waals surface area contributed by atoms with Gasteiger partial charge in [-0.05, 0) is 17.7 Å². The number of nitrogens with one attached hydrogen (secondary N) is 1. The molecule has 0 aliphatic carbocycles. The van der Waals surface area contributed by atoms with E-state index in [9.17, 15) is 0 Å². The minimum atomic E-state index is 0.622. The molecule has 2 aromatic rings. The van der Waals surface area contributed by atoms with E-state index in [4.69, 9.17) is 9.47 Å². The standard InChI is InChI=1S/C13H14N2O2S/c1-14-13-15-10(8-18-13)6-9-2-3-11-12(7-9)17-5-4-16-11/h2-3,7-8H,4-6H2,1H3,(H,14,15). The molecule has 0 amide bonds. The second kappa shape index (κ2) is 4.86. The van der Waals surface area contributed by atoms with Crippen LogP contribution in [0.2, 0.25) is 0 Å². The third-order valence-corrected chi connectivity index (χ3v) is 3.67. The lowest BCUT2D eigenvalue weighted by Crippen LogP contribution is -2.15. The molecule has 0 saturated carbocycles. The van der Waals surface area contributed by atoms with Crippen LogP contribution >= 0.6 is 11.3 Å². The van der Waals surface area contributed by atoms with Crippen LogP contribution in [-0.4, -0.2) is 25.2 Å². The Balaban J connectivity index is 1.80. The van der Waals surface area contributed by atoms with E-state index in [-0.39, 0.29) is 0 Å². The number of thiazole rings is 1. The average molecular weight is 262 g/mol. The maximum Gasteiger partial charge on any atom is 0.182 e. The highest BCUT2D eigenvalue weighted by Crippen LogP contribution is 2.31. The minimum absolute atomic E-state index is 0.622. The SMILES string of the molecule is CNc1nc(Cc2ccc3c(c2)OCCO3)cs1. The first kappa shape index (κ1) is 11.3. The molecule has 1 aliphatic heterocycles. The van der Waals surface area contributed by atoms with Crippen LogP contribution in [0.5, 0.6) is 11.5 Å². The van der Waals surface area contributed by atoms with Crippen LogP contribution in [0.25, 0.3) is 0 Å². The summed E-state index contributed by atoms with van der Waals surface area (Å²) in [5.41, 5.74) is 2.26. The summed E-state index contributed by atoms with van der Waals surface area (Å²) in [5.74, 6) is 1.67. The van der Waals surface area contributed by atoms with Crippen molar-refractivity contribution in [2.75, 3.05) is 25.6 Å². The molecule has 18 heavy (non-hydrogen) atoms. The molecule has 0 unspecified atom stereocenters. The van der Waals surface area contributed by atoms with Gasteiger partial charge in [-0.15, -0.1) is 11.3 Å². The van der Waals surface area contributed by atoms with Crippen LogP contribution < -0.4 is 14.8 Å². The van der Waals surface area contributed by atoms with Crippen molar-refractivity contribution in [2.45, 2.75) is 6.42 Å². The topological polar surface area (TPSA) is 43.4 Å². The van der Waals surface area contributed by atoms with E-state index < -0.39 is 0 Å². The number of rotatable bonds is 3. The van der Waals surface area contributed by atoms with Gasteiger partial charge in [0, 0.05) is 18.8 Å². The Morgan fingerprint density at radius 3 is 2.89 bits per heavy atom. The summed E-state index contributed by atoms with van der Waals surface area (Å²) >= 11 is 1.62. The molecular weight excluding hydrogens is 248 g/mol. The Morgan fingerprint density at radius 2 is 2.11 bits per heavy atom. The fourth-order valence-electron chi connectivity index (χ4n) is 1.91. The molecule has 0 bridgehead atoms. The number of anilines is 1. The Labute approximate surface area is 110 Å². The molecule has 3 rings (SSSR count). The van der Waals surface area contributed by atoms with E-state index in [1.165, 1.54) is 5.56 Å². The number of benzene rings is 1. The van der Waals surface area contributed by atoms with Gasteiger partial charge < -0.3 is 14.8 Å². The molecule has 1 aromatic heterocycles. The molecule has 0 saturated heterocycles. The van der Waals surface area contributed by atoms with Gasteiger partial charge in [0.25, 0.3) is 0 Å². The Bertz CT molecular complexity index is 554. The predicted octanol–water partition coefficient (Wildman–Crippen LogP) is 2.55. The molecule has 94 valence electrons. The first-order valence-electron chi connectivity index (χ1n) is 5.86. The summed E-state index contributed by atoms with van der Waals surface area (Å²) in [6.45, 7) is 1.25. The van der Waals surface area contributed by atoms with E-state index in [0.717, 1.165) is 28.7 Å². The summed E-state index contributed by atoms with van der Waals surface area (Å²) in [4.78, 5) is 4.47. The van der Waals surface area contributed by atoms with Crippen LogP contribution in [0, 0.1) is 0 Å². The third kappa shape index (κ3) is 2.26. The molecule has 2 heterocycles. The molecule has 1 N–H and O–H groups in total. The van der Waals surface area contributed by atoms with Gasteiger partial charge in [0.2, 0.25) is 0 Å². The highest BCUT2D eigenvalue weighted by atomic mass is 32.1. The molecule has 4 nitrogen and oxygen atoms in total. The molecule has 0 fully saturated rings. The summed E-state index contributed by atoms with van der Waals surface area (Å²) in [6, 6.07) is 6.06. The number of fused-ring (bicyclic) bond motifs is 1. The van der Waals surface area contributed by atoms with E-state index >= 15 is 0 Å². The van der Waals surface area contributed by atoms with Crippen LogP contribution in [0.3, 0.4) is 0 Å². The maximum atomic E-state index is 5.57. The van der Waals surface area contributed by atoms with Crippen molar-refractivity contribution in [2.24, 2.45) is 0 Å². The summed E-state index contributed by atoms with van der Waals surface area (Å²) in [6.07, 6.45) is 0.814. The van der Waals surface area contributed by atoms with Crippen molar-refractivity contribution in [1.29, 1.82) is 0 Å². The lowest BCUT2D eigenvalue weighted by Gasteiger charge is -2.18. The molecule has 5 heteroatoms. The van der Waals surface area contributed by atoms with Gasteiger partial charge in [0.1, 0.15) is 13.2 Å². The predicted molar refractivity (Wildman–Crippen MR) is 71.9 cm³/mol. The van der Waals surface area contributed by atoms with Crippen molar-refractivity contribution in [3.63, 3.8) is 0 Å². The smallest absolute Gasteiger partial charge is 0.182 e. The van der Waals surface area contributed by atoms with Crippen molar-refractivity contribution >= 4 is 16.5 Å². The van der Waals surface area contributed by atoms with E-state index in [2.05, 4.69) is 21.7 Å². The van der Waals surface area contributed by atoms with Crippen LogP contribution in [-0.2, 0) is 6.42 Å². The van der Waals surface area contributed by atoms with Gasteiger partial charge in [-0.25, -0.2) is 4.98 Å². The van der Waals surface area contributed by atoms with Gasteiger partial charge in [0.05, 0.1) is 5.69 Å². The zero-order chi connectivity index (χ0) is 12.4. The molecule has 0 radical (unpaired) electrons. The van der Waals surface area contributed by atoms with Crippen LogP contribution in [0.1, 0.15) is 11.3 Å². The lowest BCUT2D eigenvalue weighted by molar-refractivity contribution is 0.171. The molecule has 0 spiro atoms. The fraction of sp³-hybridized carbons (Fsp3) is 0.308. The van der Waals surface area contributed by atoms with Gasteiger partial charge in [-0.1, -0.05) is 6.07 Å². The monoisotopic (exact) mass is 262 g/mol. The Hall–Kier alpha value is -1.75. The third-order valence-electron chi connectivity index (χ3n) is 2.76. The van der Waals surface area contributed by atoms with E-state index in [1.807, 2.05) is 19.2 Å². The van der Waals surface area contributed by atoms with Gasteiger partial charge >= 0.3 is 0 Å². The number of ether oxygens (including phenoxy) is 2. The van der Waals surface area contributed by atoms with Crippen molar-refractivity contribution < 1.29 is 9.47 Å². The first-order valence-corrected chi connectivity index (χ1v) is 6.74. The summed E-state index contributed by atoms with van der Waals surface area (Å²) in [5, 5.41) is 6.06. The van der Waals surface area contributed by atoms with Gasteiger partial charge in [0.15, 0.2) is 16.6 Å². The number of nitrogens with zero attached hydrogens (tertiary/aromatic N) is 1. The number of hydrogen-bond acceptors (Lipinski definition) is 5. The van der Waals surface area contributed by atoms with Gasteiger partial charge in [-0.2, -0.15) is 0 Å². The second-order valence-corrected chi connectivity index (χ2v) is 4.91. The lowest BCUT2D eigenvalue weighted by atomic mass is 10.1. The molecular formula is C13H14N2O2S. The molecule has 0 atom stereocenters. The quantitative estimate of drug-likeness (QED) is 0.923. The summed E-state index contributed by atoms with van der Waals surface area (Å²) in [7, 11) is 1.88. The second-order valence-electron chi connectivity index (χ2n) is 4.05. The summed E-state index contributed by atoms with van der Waals surface area (Å²) < 4.78 is 11.1. The highest BCUT2D eigenvalue weighted by Gasteiger charge is 2.12. The van der Waals surface area contributed by atoms with Crippen molar-refractivity contribution in [3.8, 4) is 11.5 Å². The fourth-order valence-corrected chi connectivity index (χ4v) is 2.58. The van der Waals surface area contributed by atoms with E-state index in [1.54, 1.807) is 11.3 Å². The number of aromatic nitrogens is 1. The van der Waals surface area contributed by atoms with E-state index in [0.29, 0.717) is 13.2 Å². The van der Waals surface area contributed by atoms with Gasteiger partial charge in [-0.3, -0.25) is 0 Å². The zero-order valence-corrected chi connectivity index (χ0v) is 10.9. The zero-order valence-electron chi connectivity index (χ0n) is 10.1. The average Bonchev–Trinajstić information content (AvgIpc) is 2.86. The largest absolute Gasteiger partial charge is 0.486 e. The maximum absolute atomic E-state index is 5.57. The Morgan fingerprint density at radius 1 is 1.28 bits per heavy atom. The van der Waals surface area contributed by atoms with Crippen LogP contribution in [0.15, 0.2) is 23.6 Å². The highest BCUT2D eigenvalue weighted by molar-refractivity contribution is 7.13. The number of hydrogen-bond donors (Lipinski definition) is 1. The van der Waals surface area contributed by atoms with Crippen LogP contribution in [0.4, 0.5) is 5.13 Å².